The van der Waals surface area contributed by atoms with E-state index in [1.807, 2.05) is 0 Å². The fourth-order valence-corrected chi connectivity index (χ4v) is 1.63. The summed E-state index contributed by atoms with van der Waals surface area (Å²) in [6.45, 7) is 6.47. The van der Waals surface area contributed by atoms with E-state index in [4.69, 9.17) is 0 Å². The third-order valence-corrected chi connectivity index (χ3v) is 2.36. The number of Topliss-reactive ketones (excluding diaryl/α,β-unsaturated/α-hetero) is 2. The summed E-state index contributed by atoms with van der Waals surface area (Å²) >= 11 is 0. The maximum atomic E-state index is 11.6. The number of aliphatic hydroxyl groups excluding tert-OH is 1. The summed E-state index contributed by atoms with van der Waals surface area (Å²) in [6, 6.07) is 0. The smallest absolute Gasteiger partial charge is 0.195 e. The predicted octanol–water partition coefficient (Wildman–Crippen LogP) is 1.94. The van der Waals surface area contributed by atoms with E-state index in [-0.39, 0.29) is 22.9 Å². The molecule has 0 saturated heterocycles. The molecule has 0 bridgehead atoms. The van der Waals surface area contributed by atoms with Gasteiger partial charge in [0, 0.05) is 5.41 Å². The molecule has 1 aliphatic carbocycles. The highest BCUT2D eigenvalue weighted by molar-refractivity contribution is 6.26. The van der Waals surface area contributed by atoms with Gasteiger partial charge in [-0.25, -0.2) is 0 Å². The van der Waals surface area contributed by atoms with Gasteiger partial charge in [-0.05, 0) is 33.3 Å². The molecule has 0 aliphatic heterocycles. The topological polar surface area (TPSA) is 54.4 Å². The number of carbonyl (C=O) groups is 2. The lowest BCUT2D eigenvalue weighted by Crippen LogP contribution is -2.27. The van der Waals surface area contributed by atoms with Crippen molar-refractivity contribution in [1.29, 1.82) is 0 Å². The average Bonchev–Trinajstić information content (AvgIpc) is 2.00. The number of carbonyl (C=O) groups excluding carboxylic acids is 2. The Labute approximate surface area is 83.1 Å². The van der Waals surface area contributed by atoms with Crippen LogP contribution in [-0.4, -0.2) is 16.7 Å². The Kier molecular flexibility index (Phi) is 2.36. The molecular formula is C11H14O3. The van der Waals surface area contributed by atoms with Gasteiger partial charge < -0.3 is 5.11 Å². The van der Waals surface area contributed by atoms with Crippen molar-refractivity contribution in [2.45, 2.75) is 27.7 Å². The summed E-state index contributed by atoms with van der Waals surface area (Å²) in [6.07, 6.45) is 1.68. The van der Waals surface area contributed by atoms with Gasteiger partial charge in [-0.2, -0.15) is 0 Å². The van der Waals surface area contributed by atoms with Crippen molar-refractivity contribution in [2.24, 2.45) is 5.41 Å². The van der Waals surface area contributed by atoms with Crippen molar-refractivity contribution < 1.29 is 14.7 Å². The Morgan fingerprint density at radius 3 is 2.36 bits per heavy atom. The number of hydrogen-bond donors (Lipinski definition) is 1. The number of ketones is 2. The second-order valence-electron chi connectivity index (χ2n) is 4.16. The van der Waals surface area contributed by atoms with Gasteiger partial charge in [0.1, 0.15) is 11.3 Å². The molecule has 0 unspecified atom stereocenters. The van der Waals surface area contributed by atoms with Gasteiger partial charge in [-0.15, -0.1) is 0 Å². The molecule has 0 fully saturated rings. The summed E-state index contributed by atoms with van der Waals surface area (Å²) in [5.74, 6) is -0.872. The van der Waals surface area contributed by atoms with Gasteiger partial charge in [-0.3, -0.25) is 9.59 Å². The van der Waals surface area contributed by atoms with E-state index in [1.165, 1.54) is 6.92 Å². The summed E-state index contributed by atoms with van der Waals surface area (Å²) in [5.41, 5.74) is -0.188. The largest absolute Gasteiger partial charge is 0.511 e. The van der Waals surface area contributed by atoms with Crippen LogP contribution in [0.1, 0.15) is 27.7 Å². The molecule has 0 amide bonds. The zero-order chi connectivity index (χ0) is 11.1. The zero-order valence-electron chi connectivity index (χ0n) is 8.84. The summed E-state index contributed by atoms with van der Waals surface area (Å²) in [7, 11) is 0. The lowest BCUT2D eigenvalue weighted by molar-refractivity contribution is -0.119. The SMILES string of the molecule is CC(=O)C1=C(O)C(C)(C)C=C(C)C1=O. The molecule has 0 aromatic carbocycles. The van der Waals surface area contributed by atoms with Gasteiger partial charge in [0.2, 0.25) is 0 Å². The molecule has 0 aromatic rings. The van der Waals surface area contributed by atoms with E-state index in [1.54, 1.807) is 26.8 Å². The monoisotopic (exact) mass is 194 g/mol. The molecule has 0 atom stereocenters. The second-order valence-corrected chi connectivity index (χ2v) is 4.16. The summed E-state index contributed by atoms with van der Waals surface area (Å²) in [5, 5.41) is 9.75. The van der Waals surface area contributed by atoms with E-state index >= 15 is 0 Å². The van der Waals surface area contributed by atoms with Crippen molar-refractivity contribution in [1.82, 2.24) is 0 Å². The van der Waals surface area contributed by atoms with Crippen LogP contribution in [0, 0.1) is 5.41 Å². The Hall–Kier alpha value is -1.38. The first kappa shape index (κ1) is 10.7. The van der Waals surface area contributed by atoms with E-state index in [9.17, 15) is 14.7 Å². The van der Waals surface area contributed by atoms with Gasteiger partial charge in [0.25, 0.3) is 0 Å². The minimum absolute atomic E-state index is 0.0741. The molecule has 0 saturated carbocycles. The first-order chi connectivity index (χ1) is 6.27. The van der Waals surface area contributed by atoms with Crippen LogP contribution in [0.5, 0.6) is 0 Å². The minimum Gasteiger partial charge on any atom is -0.511 e. The molecule has 1 aliphatic rings. The van der Waals surface area contributed by atoms with Crippen LogP contribution in [0.25, 0.3) is 0 Å². The first-order valence-corrected chi connectivity index (χ1v) is 4.46. The van der Waals surface area contributed by atoms with Crippen molar-refractivity contribution in [3.63, 3.8) is 0 Å². The number of rotatable bonds is 1. The standard InChI is InChI=1S/C11H14O3/c1-6-5-11(3,4)10(14)8(7(2)12)9(6)13/h5,14H,1-4H3. The number of allylic oxidation sites excluding steroid dienone is 3. The van der Waals surface area contributed by atoms with Crippen LogP contribution in [0.3, 0.4) is 0 Å². The van der Waals surface area contributed by atoms with Crippen molar-refractivity contribution in [3.8, 4) is 0 Å². The number of hydrogen-bond acceptors (Lipinski definition) is 3. The maximum absolute atomic E-state index is 11.6. The minimum atomic E-state index is -0.626. The third kappa shape index (κ3) is 1.50. The normalized spacial score (nSPS) is 20.9. The van der Waals surface area contributed by atoms with Crippen molar-refractivity contribution >= 4 is 11.6 Å². The predicted molar refractivity (Wildman–Crippen MR) is 52.9 cm³/mol. The average molecular weight is 194 g/mol. The van der Waals surface area contributed by atoms with Crippen LogP contribution in [0.2, 0.25) is 0 Å². The molecule has 1 rings (SSSR count). The molecule has 0 aromatic heterocycles. The van der Waals surface area contributed by atoms with Crippen LogP contribution in [0.4, 0.5) is 0 Å². The Morgan fingerprint density at radius 1 is 1.43 bits per heavy atom. The highest BCUT2D eigenvalue weighted by atomic mass is 16.3. The highest BCUT2D eigenvalue weighted by Gasteiger charge is 2.34. The van der Waals surface area contributed by atoms with Gasteiger partial charge in [-0.1, -0.05) is 6.08 Å². The molecular weight excluding hydrogens is 180 g/mol. The lowest BCUT2D eigenvalue weighted by atomic mass is 9.78. The van der Waals surface area contributed by atoms with Crippen LogP contribution in [-0.2, 0) is 9.59 Å². The summed E-state index contributed by atoms with van der Waals surface area (Å²) in [4.78, 5) is 22.7. The Morgan fingerprint density at radius 2 is 1.93 bits per heavy atom. The Bertz CT molecular complexity index is 370. The van der Waals surface area contributed by atoms with Crippen molar-refractivity contribution in [3.05, 3.63) is 23.0 Å². The van der Waals surface area contributed by atoms with E-state index in [0.29, 0.717) is 5.57 Å². The second kappa shape index (κ2) is 3.08. The van der Waals surface area contributed by atoms with Gasteiger partial charge >= 0.3 is 0 Å². The fraction of sp³-hybridized carbons (Fsp3) is 0.455. The first-order valence-electron chi connectivity index (χ1n) is 4.46. The fourth-order valence-electron chi connectivity index (χ4n) is 1.63. The molecule has 14 heavy (non-hydrogen) atoms. The molecule has 0 heterocycles. The summed E-state index contributed by atoms with van der Waals surface area (Å²) < 4.78 is 0. The maximum Gasteiger partial charge on any atom is 0.195 e. The zero-order valence-corrected chi connectivity index (χ0v) is 8.84. The van der Waals surface area contributed by atoms with E-state index in [0.717, 1.165) is 0 Å². The van der Waals surface area contributed by atoms with Crippen LogP contribution < -0.4 is 0 Å². The molecule has 0 radical (unpaired) electrons. The lowest BCUT2D eigenvalue weighted by Gasteiger charge is -2.26. The van der Waals surface area contributed by atoms with Crippen LogP contribution >= 0.6 is 0 Å². The van der Waals surface area contributed by atoms with Crippen molar-refractivity contribution in [2.75, 3.05) is 0 Å². The van der Waals surface area contributed by atoms with Crippen LogP contribution in [0.15, 0.2) is 23.0 Å². The Balaban J connectivity index is 3.38. The van der Waals surface area contributed by atoms with Gasteiger partial charge in [0.05, 0.1) is 0 Å². The van der Waals surface area contributed by atoms with E-state index in [2.05, 4.69) is 0 Å². The molecule has 3 heteroatoms. The molecule has 1 N–H and O–H groups in total. The quantitative estimate of drug-likeness (QED) is 0.649. The van der Waals surface area contributed by atoms with E-state index < -0.39 is 5.41 Å². The molecule has 0 spiro atoms. The molecule has 76 valence electrons. The van der Waals surface area contributed by atoms with Gasteiger partial charge in [0.15, 0.2) is 11.6 Å². The number of aliphatic hydroxyl groups is 1. The highest BCUT2D eigenvalue weighted by Crippen LogP contribution is 2.35. The molecule has 3 nitrogen and oxygen atoms in total. The third-order valence-electron chi connectivity index (χ3n) is 2.36.